The van der Waals surface area contributed by atoms with Gasteiger partial charge in [-0.05, 0) is 42.4 Å². The van der Waals surface area contributed by atoms with Crippen LogP contribution in [-0.4, -0.2) is 42.1 Å². The van der Waals surface area contributed by atoms with Crippen molar-refractivity contribution in [2.75, 3.05) is 13.2 Å². The fourth-order valence-electron chi connectivity index (χ4n) is 4.89. The van der Waals surface area contributed by atoms with E-state index >= 15 is 0 Å². The number of benzene rings is 3. The number of nitrogens with one attached hydrogen (secondary N) is 2. The molecule has 0 unspecified atom stereocenters. The van der Waals surface area contributed by atoms with Crippen LogP contribution in [0.2, 0.25) is 0 Å². The lowest BCUT2D eigenvalue weighted by Gasteiger charge is -2.24. The Morgan fingerprint density at radius 3 is 1.86 bits per heavy atom. The molecule has 7 nitrogen and oxygen atoms in total. The van der Waals surface area contributed by atoms with Gasteiger partial charge >= 0.3 is 5.97 Å². The van der Waals surface area contributed by atoms with Crippen LogP contribution in [-0.2, 0) is 32.0 Å². The van der Waals surface area contributed by atoms with Crippen molar-refractivity contribution in [1.82, 2.24) is 10.6 Å². The zero-order valence-electron chi connectivity index (χ0n) is 24.6. The lowest BCUT2D eigenvalue weighted by molar-refractivity contribution is -0.154. The molecule has 7 heteroatoms. The maximum absolute atomic E-state index is 13.3. The molecule has 0 aliphatic heterocycles. The van der Waals surface area contributed by atoms with E-state index in [0.29, 0.717) is 19.3 Å². The number of amides is 2. The highest BCUT2D eigenvalue weighted by molar-refractivity contribution is 5.86. The topological polar surface area (TPSA) is 105 Å². The van der Waals surface area contributed by atoms with E-state index in [2.05, 4.69) is 23.8 Å². The second kappa shape index (κ2) is 18.1. The Bertz CT molecular complexity index is 1300. The number of carbonyl (C=O) groups excluding carboxylic acids is 3. The molecule has 0 saturated heterocycles. The van der Waals surface area contributed by atoms with Crippen LogP contribution in [0.4, 0.5) is 0 Å². The normalized spacial score (nSPS) is 13.5. The smallest absolute Gasteiger partial charge is 0.310 e. The molecule has 0 spiro atoms. The highest BCUT2D eigenvalue weighted by Crippen LogP contribution is 2.22. The highest BCUT2D eigenvalue weighted by atomic mass is 16.5. The molecule has 3 aromatic rings. The van der Waals surface area contributed by atoms with Crippen molar-refractivity contribution in [3.8, 4) is 0 Å². The van der Waals surface area contributed by atoms with Crippen molar-refractivity contribution >= 4 is 17.8 Å². The molecule has 3 aromatic carbocycles. The van der Waals surface area contributed by atoms with Gasteiger partial charge in [0, 0.05) is 6.42 Å². The Balaban J connectivity index is 1.64. The molecule has 3 rings (SSSR count). The number of allylic oxidation sites excluding steroid dienone is 2. The van der Waals surface area contributed by atoms with Crippen LogP contribution in [0.25, 0.3) is 0 Å². The standard InChI is InChI=1S/C36H42N2O5/c1-3-14-30(24-34(40)38-32(26-39)23-28-18-10-6-11-19-28)35(41)37-25-33(29-20-12-7-13-21-29)43-36(42)31(15-4-2)22-27-16-8-5-9-17-27/h3-13,16-21,30-33,39H,1-2,14-15,22-26H2,(H,37,41)(H,38,40)/t30-,31-,32+,33+/m0/s1. The molecule has 0 radical (unpaired) electrons. The lowest BCUT2D eigenvalue weighted by atomic mass is 9.96. The van der Waals surface area contributed by atoms with Gasteiger partial charge in [0.25, 0.3) is 0 Å². The van der Waals surface area contributed by atoms with Gasteiger partial charge in [-0.25, -0.2) is 0 Å². The molecule has 0 aromatic heterocycles. The number of esters is 1. The van der Waals surface area contributed by atoms with Gasteiger partial charge in [0.05, 0.1) is 31.0 Å². The van der Waals surface area contributed by atoms with Gasteiger partial charge in [-0.15, -0.1) is 13.2 Å². The molecular weight excluding hydrogens is 540 g/mol. The molecule has 0 saturated carbocycles. The summed E-state index contributed by atoms with van der Waals surface area (Å²) in [5.41, 5.74) is 2.76. The van der Waals surface area contributed by atoms with E-state index < -0.39 is 24.0 Å². The average Bonchev–Trinajstić information content (AvgIpc) is 3.03. The van der Waals surface area contributed by atoms with Crippen molar-refractivity contribution in [3.63, 3.8) is 0 Å². The summed E-state index contributed by atoms with van der Waals surface area (Å²) >= 11 is 0. The average molecular weight is 583 g/mol. The van der Waals surface area contributed by atoms with Crippen LogP contribution in [0, 0.1) is 11.8 Å². The third-order valence-corrected chi connectivity index (χ3v) is 7.17. The molecular formula is C36H42N2O5. The Morgan fingerprint density at radius 2 is 1.30 bits per heavy atom. The van der Waals surface area contributed by atoms with Crippen LogP contribution < -0.4 is 10.6 Å². The maximum atomic E-state index is 13.3. The van der Waals surface area contributed by atoms with E-state index in [4.69, 9.17) is 4.74 Å². The van der Waals surface area contributed by atoms with Gasteiger partial charge in [-0.3, -0.25) is 14.4 Å². The van der Waals surface area contributed by atoms with Gasteiger partial charge in [0.2, 0.25) is 11.8 Å². The van der Waals surface area contributed by atoms with Crippen LogP contribution in [0.15, 0.2) is 116 Å². The fourth-order valence-corrected chi connectivity index (χ4v) is 4.89. The number of aliphatic hydroxyl groups excluding tert-OH is 1. The molecule has 3 N–H and O–H groups in total. The first kappa shape index (κ1) is 33.0. The fraction of sp³-hybridized carbons (Fsp3) is 0.306. The highest BCUT2D eigenvalue weighted by Gasteiger charge is 2.27. The number of hydrogen-bond donors (Lipinski definition) is 3. The van der Waals surface area contributed by atoms with Crippen LogP contribution in [0.5, 0.6) is 0 Å². The quantitative estimate of drug-likeness (QED) is 0.143. The predicted molar refractivity (Wildman–Crippen MR) is 169 cm³/mol. The maximum Gasteiger partial charge on any atom is 0.310 e. The van der Waals surface area contributed by atoms with Crippen LogP contribution >= 0.6 is 0 Å². The molecule has 0 bridgehead atoms. The van der Waals surface area contributed by atoms with E-state index in [9.17, 15) is 19.5 Å². The summed E-state index contributed by atoms with van der Waals surface area (Å²) in [4.78, 5) is 39.5. The zero-order valence-corrected chi connectivity index (χ0v) is 24.6. The third kappa shape index (κ3) is 11.4. The lowest BCUT2D eigenvalue weighted by Crippen LogP contribution is -2.42. The SMILES string of the molecule is C=CC[C@@H](CC(=O)N[C@@H](CO)Cc1ccccc1)C(=O)NC[C@@H](OC(=O)[C@@H](CC=C)Cc1ccccc1)c1ccccc1. The Kier molecular flexibility index (Phi) is 13.9. The Morgan fingerprint density at radius 1 is 0.767 bits per heavy atom. The van der Waals surface area contributed by atoms with Crippen LogP contribution in [0.1, 0.15) is 42.1 Å². The number of hydrogen-bond acceptors (Lipinski definition) is 5. The minimum Gasteiger partial charge on any atom is -0.455 e. The van der Waals surface area contributed by atoms with E-state index in [1.165, 1.54) is 0 Å². The summed E-state index contributed by atoms with van der Waals surface area (Å²) in [7, 11) is 0. The summed E-state index contributed by atoms with van der Waals surface area (Å²) in [6.07, 6.45) is 4.25. The van der Waals surface area contributed by atoms with E-state index in [1.54, 1.807) is 12.2 Å². The molecule has 0 aliphatic rings. The number of rotatable bonds is 18. The summed E-state index contributed by atoms with van der Waals surface area (Å²) in [6.45, 7) is 7.38. The van der Waals surface area contributed by atoms with E-state index in [-0.39, 0.29) is 43.8 Å². The van der Waals surface area contributed by atoms with Crippen LogP contribution in [0.3, 0.4) is 0 Å². The zero-order chi connectivity index (χ0) is 30.9. The van der Waals surface area contributed by atoms with Gasteiger partial charge in [0.1, 0.15) is 6.10 Å². The van der Waals surface area contributed by atoms with Crippen molar-refractivity contribution in [2.24, 2.45) is 11.8 Å². The number of carbonyl (C=O) groups is 3. The Hall–Kier alpha value is -4.49. The number of ether oxygens (including phenoxy) is 1. The summed E-state index contributed by atoms with van der Waals surface area (Å²) in [5, 5.41) is 15.5. The van der Waals surface area contributed by atoms with Gasteiger partial charge in [-0.1, -0.05) is 103 Å². The molecule has 2 amide bonds. The molecule has 0 aliphatic carbocycles. The third-order valence-electron chi connectivity index (χ3n) is 7.17. The van der Waals surface area contributed by atoms with Gasteiger partial charge in [0.15, 0.2) is 0 Å². The molecule has 226 valence electrons. The first-order valence-corrected chi connectivity index (χ1v) is 14.7. The summed E-state index contributed by atoms with van der Waals surface area (Å²) in [6, 6.07) is 28.1. The minimum absolute atomic E-state index is 0.0449. The Labute approximate surface area is 254 Å². The molecule has 0 heterocycles. The van der Waals surface area contributed by atoms with Crippen molar-refractivity contribution in [1.29, 1.82) is 0 Å². The number of aliphatic hydroxyl groups is 1. The first-order chi connectivity index (χ1) is 20.9. The van der Waals surface area contributed by atoms with E-state index in [1.807, 2.05) is 91.0 Å². The largest absolute Gasteiger partial charge is 0.455 e. The predicted octanol–water partition coefficient (Wildman–Crippen LogP) is 5.12. The minimum atomic E-state index is -0.719. The summed E-state index contributed by atoms with van der Waals surface area (Å²) in [5.74, 6) is -2.15. The van der Waals surface area contributed by atoms with E-state index in [0.717, 1.165) is 16.7 Å². The van der Waals surface area contributed by atoms with Gasteiger partial charge < -0.3 is 20.5 Å². The molecule has 0 fully saturated rings. The molecule has 4 atom stereocenters. The molecule has 43 heavy (non-hydrogen) atoms. The van der Waals surface area contributed by atoms with Gasteiger partial charge in [-0.2, -0.15) is 0 Å². The monoisotopic (exact) mass is 582 g/mol. The van der Waals surface area contributed by atoms with Crippen molar-refractivity contribution in [3.05, 3.63) is 133 Å². The summed E-state index contributed by atoms with van der Waals surface area (Å²) < 4.78 is 5.99. The second-order valence-corrected chi connectivity index (χ2v) is 10.6. The first-order valence-electron chi connectivity index (χ1n) is 14.7. The second-order valence-electron chi connectivity index (χ2n) is 10.6. The van der Waals surface area contributed by atoms with Crippen molar-refractivity contribution < 1.29 is 24.2 Å². The van der Waals surface area contributed by atoms with Crippen molar-refractivity contribution in [2.45, 2.75) is 44.2 Å².